The molecule has 0 aliphatic rings. The number of nitrogens with one attached hydrogen (secondary N) is 1. The van der Waals surface area contributed by atoms with E-state index in [1.54, 1.807) is 0 Å². The number of hydrogen-bond acceptors (Lipinski definition) is 3. The van der Waals surface area contributed by atoms with E-state index in [-0.39, 0.29) is 5.56 Å². The summed E-state index contributed by atoms with van der Waals surface area (Å²) in [6.45, 7) is 0. The van der Waals surface area contributed by atoms with Crippen LogP contribution in [-0.2, 0) is 0 Å². The van der Waals surface area contributed by atoms with Gasteiger partial charge in [-0.1, -0.05) is 48.5 Å². The monoisotopic (exact) mass is 390 g/mol. The van der Waals surface area contributed by atoms with E-state index in [0.29, 0.717) is 15.2 Å². The van der Waals surface area contributed by atoms with Crippen LogP contribution >= 0.6 is 22.6 Å². The summed E-state index contributed by atoms with van der Waals surface area (Å²) in [6.07, 6.45) is 1.34. The molecule has 0 spiro atoms. The zero-order valence-electron chi connectivity index (χ0n) is 10.9. The molecule has 0 atom stereocenters. The van der Waals surface area contributed by atoms with Crippen molar-refractivity contribution in [2.45, 2.75) is 0 Å². The molecule has 1 aromatic heterocycles. The third-order valence-corrected chi connectivity index (χ3v) is 3.89. The maximum atomic E-state index is 11.6. The van der Waals surface area contributed by atoms with Gasteiger partial charge in [0, 0.05) is 5.56 Å². The standard InChI is InChI=1S/C16H11IN2O2/c17-14-15(20)18-10-19-16(14)21-13-9-5-4-8-12(13)11-6-2-1-3-7-11/h1-10H,(H,18,19,20). The Morgan fingerprint density at radius 2 is 1.71 bits per heavy atom. The number of nitrogens with zero attached hydrogens (tertiary/aromatic N) is 1. The van der Waals surface area contributed by atoms with Crippen LogP contribution in [0.5, 0.6) is 11.6 Å². The highest BCUT2D eigenvalue weighted by Gasteiger charge is 2.11. The smallest absolute Gasteiger partial charge is 0.268 e. The fourth-order valence-corrected chi connectivity index (χ4v) is 2.36. The molecule has 0 amide bonds. The van der Waals surface area contributed by atoms with E-state index >= 15 is 0 Å². The average molecular weight is 390 g/mol. The van der Waals surface area contributed by atoms with Crippen LogP contribution in [0.2, 0.25) is 0 Å². The van der Waals surface area contributed by atoms with Gasteiger partial charge in [-0.05, 0) is 34.2 Å². The highest BCUT2D eigenvalue weighted by molar-refractivity contribution is 14.1. The summed E-state index contributed by atoms with van der Waals surface area (Å²) >= 11 is 1.93. The predicted molar refractivity (Wildman–Crippen MR) is 89.5 cm³/mol. The topological polar surface area (TPSA) is 55.0 Å². The lowest BCUT2D eigenvalue weighted by Crippen LogP contribution is -2.11. The molecule has 4 nitrogen and oxygen atoms in total. The molecule has 0 aliphatic carbocycles. The Morgan fingerprint density at radius 3 is 2.52 bits per heavy atom. The second-order valence-corrected chi connectivity index (χ2v) is 5.39. The van der Waals surface area contributed by atoms with Gasteiger partial charge in [-0.2, -0.15) is 0 Å². The van der Waals surface area contributed by atoms with Crippen LogP contribution in [0.4, 0.5) is 0 Å². The Kier molecular flexibility index (Phi) is 4.01. The zero-order valence-corrected chi connectivity index (χ0v) is 13.1. The van der Waals surface area contributed by atoms with Crippen molar-refractivity contribution >= 4 is 22.6 Å². The van der Waals surface area contributed by atoms with Crippen LogP contribution in [0, 0.1) is 3.57 Å². The van der Waals surface area contributed by atoms with E-state index in [4.69, 9.17) is 4.74 Å². The quantitative estimate of drug-likeness (QED) is 0.692. The summed E-state index contributed by atoms with van der Waals surface area (Å²) < 4.78 is 6.27. The minimum absolute atomic E-state index is 0.210. The molecule has 0 radical (unpaired) electrons. The molecule has 2 aromatic carbocycles. The molecule has 3 rings (SSSR count). The summed E-state index contributed by atoms with van der Waals surface area (Å²) in [7, 11) is 0. The number of ether oxygens (including phenoxy) is 1. The van der Waals surface area contributed by atoms with E-state index < -0.39 is 0 Å². The van der Waals surface area contributed by atoms with Gasteiger partial charge in [0.25, 0.3) is 5.56 Å². The van der Waals surface area contributed by atoms with Crippen molar-refractivity contribution in [2.75, 3.05) is 0 Å². The van der Waals surface area contributed by atoms with Gasteiger partial charge in [0.1, 0.15) is 9.32 Å². The number of aromatic amines is 1. The van der Waals surface area contributed by atoms with E-state index in [9.17, 15) is 4.79 Å². The van der Waals surface area contributed by atoms with Crippen molar-refractivity contribution in [3.8, 4) is 22.8 Å². The first-order valence-corrected chi connectivity index (χ1v) is 7.39. The minimum atomic E-state index is -0.210. The molecule has 0 aliphatic heterocycles. The second-order valence-electron chi connectivity index (χ2n) is 4.32. The number of para-hydroxylation sites is 1. The van der Waals surface area contributed by atoms with Crippen molar-refractivity contribution in [1.29, 1.82) is 0 Å². The first kappa shape index (κ1) is 13.8. The fourth-order valence-electron chi connectivity index (χ4n) is 1.95. The van der Waals surface area contributed by atoms with Crippen molar-refractivity contribution in [3.05, 3.63) is 74.8 Å². The third-order valence-electron chi connectivity index (χ3n) is 2.94. The highest BCUT2D eigenvalue weighted by atomic mass is 127. The van der Waals surface area contributed by atoms with E-state index in [1.165, 1.54) is 6.33 Å². The fraction of sp³-hybridized carbons (Fsp3) is 0. The van der Waals surface area contributed by atoms with Crippen LogP contribution < -0.4 is 10.3 Å². The molecular formula is C16H11IN2O2. The molecule has 104 valence electrons. The summed E-state index contributed by atoms with van der Waals surface area (Å²) in [5, 5.41) is 0. The van der Waals surface area contributed by atoms with Crippen LogP contribution in [0.1, 0.15) is 0 Å². The molecule has 0 bridgehead atoms. The second kappa shape index (κ2) is 6.09. The molecule has 1 heterocycles. The third kappa shape index (κ3) is 2.97. The molecule has 0 fully saturated rings. The van der Waals surface area contributed by atoms with Gasteiger partial charge in [0.2, 0.25) is 5.88 Å². The van der Waals surface area contributed by atoms with Crippen molar-refractivity contribution in [2.24, 2.45) is 0 Å². The molecule has 3 aromatic rings. The number of benzene rings is 2. The zero-order chi connectivity index (χ0) is 14.7. The molecule has 0 saturated carbocycles. The van der Waals surface area contributed by atoms with Gasteiger partial charge in [0.15, 0.2) is 0 Å². The molecule has 0 saturated heterocycles. The van der Waals surface area contributed by atoms with Crippen LogP contribution in [0.15, 0.2) is 65.7 Å². The molecule has 5 heteroatoms. The Labute approximate surface area is 135 Å². The van der Waals surface area contributed by atoms with Gasteiger partial charge in [-0.3, -0.25) is 4.79 Å². The minimum Gasteiger partial charge on any atom is -0.437 e. The maximum Gasteiger partial charge on any atom is 0.268 e. The summed E-state index contributed by atoms with van der Waals surface area (Å²) in [5.41, 5.74) is 1.79. The molecule has 1 N–H and O–H groups in total. The highest BCUT2D eigenvalue weighted by Crippen LogP contribution is 2.32. The number of rotatable bonds is 3. The van der Waals surface area contributed by atoms with Gasteiger partial charge >= 0.3 is 0 Å². The Morgan fingerprint density at radius 1 is 1.00 bits per heavy atom. The normalized spacial score (nSPS) is 10.3. The van der Waals surface area contributed by atoms with Gasteiger partial charge in [-0.15, -0.1) is 0 Å². The van der Waals surface area contributed by atoms with Gasteiger partial charge < -0.3 is 9.72 Å². The lowest BCUT2D eigenvalue weighted by atomic mass is 10.1. The average Bonchev–Trinajstić information content (AvgIpc) is 2.53. The van der Waals surface area contributed by atoms with Crippen LogP contribution in [0.3, 0.4) is 0 Å². The Balaban J connectivity index is 2.04. The number of H-pyrrole nitrogens is 1. The largest absolute Gasteiger partial charge is 0.437 e. The van der Waals surface area contributed by atoms with E-state index in [1.807, 2.05) is 77.2 Å². The summed E-state index contributed by atoms with van der Waals surface area (Å²) in [4.78, 5) is 18.2. The van der Waals surface area contributed by atoms with E-state index in [2.05, 4.69) is 9.97 Å². The molecule has 21 heavy (non-hydrogen) atoms. The van der Waals surface area contributed by atoms with Crippen molar-refractivity contribution in [1.82, 2.24) is 9.97 Å². The van der Waals surface area contributed by atoms with E-state index in [0.717, 1.165) is 11.1 Å². The lowest BCUT2D eigenvalue weighted by molar-refractivity contribution is 0.458. The number of hydrogen-bond donors (Lipinski definition) is 1. The Bertz CT molecular complexity index is 816. The molecular weight excluding hydrogens is 379 g/mol. The van der Waals surface area contributed by atoms with Crippen LogP contribution in [-0.4, -0.2) is 9.97 Å². The van der Waals surface area contributed by atoms with Gasteiger partial charge in [0.05, 0.1) is 6.33 Å². The first-order valence-electron chi connectivity index (χ1n) is 6.31. The van der Waals surface area contributed by atoms with Crippen LogP contribution in [0.25, 0.3) is 11.1 Å². The number of aromatic nitrogens is 2. The number of halogens is 1. The molecule has 0 unspecified atom stereocenters. The Hall–Kier alpha value is -2.15. The van der Waals surface area contributed by atoms with Crippen molar-refractivity contribution < 1.29 is 4.74 Å². The summed E-state index contributed by atoms with van der Waals surface area (Å²) in [6, 6.07) is 17.6. The van der Waals surface area contributed by atoms with Crippen molar-refractivity contribution in [3.63, 3.8) is 0 Å². The SMILES string of the molecule is O=c1[nH]cnc(Oc2ccccc2-c2ccccc2)c1I. The predicted octanol–water partition coefficient (Wildman–Crippen LogP) is 3.83. The van der Waals surface area contributed by atoms with Gasteiger partial charge in [-0.25, -0.2) is 4.98 Å². The summed E-state index contributed by atoms with van der Waals surface area (Å²) in [5.74, 6) is 0.974. The maximum absolute atomic E-state index is 11.6. The first-order chi connectivity index (χ1) is 10.3. The lowest BCUT2D eigenvalue weighted by Gasteiger charge is -2.11.